The smallest absolute Gasteiger partial charge is 0.316 e. The Morgan fingerprint density at radius 2 is 2.21 bits per heavy atom. The number of aromatic nitrogens is 1. The number of nitrogens with zero attached hydrogens (tertiary/aromatic N) is 2. The van der Waals surface area contributed by atoms with Crippen LogP contribution in [0.2, 0.25) is 0 Å². The molecule has 0 amide bonds. The van der Waals surface area contributed by atoms with Crippen molar-refractivity contribution in [1.82, 2.24) is 9.71 Å². The minimum absolute atomic E-state index is 0.00627. The number of nitrogens with one attached hydrogen (secondary N) is 1. The number of hydrogen-bond donors (Lipinski definition) is 1. The first-order valence-electron chi connectivity index (χ1n) is 10.7. The van der Waals surface area contributed by atoms with Crippen molar-refractivity contribution in [2.75, 3.05) is 12.9 Å². The molecule has 0 spiro atoms. The monoisotopic (exact) mass is 479 g/mol. The van der Waals surface area contributed by atoms with E-state index in [-0.39, 0.29) is 23.9 Å². The Hall–Kier alpha value is -2.86. The first kappa shape index (κ1) is 23.3. The average molecular weight is 480 g/mol. The number of carbonyl (C=O) groups excluding carboxylic acids is 1. The zero-order valence-corrected chi connectivity index (χ0v) is 20.4. The predicted octanol–water partition coefficient (Wildman–Crippen LogP) is 5.53. The van der Waals surface area contributed by atoms with Crippen LogP contribution in [0, 0.1) is 11.3 Å². The Bertz CT molecular complexity index is 1200. The zero-order chi connectivity index (χ0) is 23.4. The van der Waals surface area contributed by atoms with E-state index in [1.54, 1.807) is 11.3 Å². The van der Waals surface area contributed by atoms with Gasteiger partial charge in [0.25, 0.3) is 0 Å². The van der Waals surface area contributed by atoms with Gasteiger partial charge < -0.3 is 9.47 Å². The summed E-state index contributed by atoms with van der Waals surface area (Å²) in [7, 11) is 1.40. The van der Waals surface area contributed by atoms with Crippen LogP contribution in [0.3, 0.4) is 0 Å². The quantitative estimate of drug-likeness (QED) is 0.336. The maximum atomic E-state index is 11.4. The van der Waals surface area contributed by atoms with Gasteiger partial charge >= 0.3 is 5.97 Å². The summed E-state index contributed by atoms with van der Waals surface area (Å²) in [5, 5.41) is 10.4. The number of ether oxygens (including phenoxy) is 2. The molecule has 3 aromatic rings. The second-order valence-corrected chi connectivity index (χ2v) is 9.81. The maximum Gasteiger partial charge on any atom is 0.316 e. The minimum Gasteiger partial charge on any atom is -0.490 e. The van der Waals surface area contributed by atoms with Crippen molar-refractivity contribution in [2.24, 2.45) is 0 Å². The molecular formula is C25H25N3O3S2. The number of rotatable bonds is 8. The number of thiazole rings is 1. The third-order valence-electron chi connectivity index (χ3n) is 5.39. The largest absolute Gasteiger partial charge is 0.490 e. The van der Waals surface area contributed by atoms with Gasteiger partial charge in [-0.05, 0) is 61.6 Å². The van der Waals surface area contributed by atoms with Crippen molar-refractivity contribution in [2.45, 2.75) is 38.8 Å². The molecule has 8 heteroatoms. The number of nitriles is 1. The number of benzene rings is 2. The highest BCUT2D eigenvalue weighted by Crippen LogP contribution is 2.41. The van der Waals surface area contributed by atoms with E-state index in [0.717, 1.165) is 28.3 Å². The molecule has 1 N–H and O–H groups in total. The lowest BCUT2D eigenvalue weighted by molar-refractivity contribution is -0.137. The van der Waals surface area contributed by atoms with Crippen molar-refractivity contribution in [3.63, 3.8) is 0 Å². The molecule has 1 aliphatic rings. The highest BCUT2D eigenvalue weighted by Gasteiger charge is 2.25. The van der Waals surface area contributed by atoms with Gasteiger partial charge in [0, 0.05) is 17.8 Å². The summed E-state index contributed by atoms with van der Waals surface area (Å²) < 4.78 is 13.8. The highest BCUT2D eigenvalue weighted by molar-refractivity contribution is 7.98. The second-order valence-electron chi connectivity index (χ2n) is 7.97. The molecule has 2 aromatic carbocycles. The predicted molar refractivity (Wildman–Crippen MR) is 132 cm³/mol. The lowest BCUT2D eigenvalue weighted by atomic mass is 10.0. The molecule has 0 radical (unpaired) electrons. The summed E-state index contributed by atoms with van der Waals surface area (Å²) in [6, 6.07) is 14.4. The molecule has 6 nitrogen and oxygen atoms in total. The molecule has 33 heavy (non-hydrogen) atoms. The molecule has 0 fully saturated rings. The second kappa shape index (κ2) is 10.4. The van der Waals surface area contributed by atoms with Crippen LogP contribution in [0.4, 0.5) is 0 Å². The zero-order valence-electron chi connectivity index (χ0n) is 18.8. The molecule has 1 heterocycles. The normalized spacial score (nSPS) is 14.7. The summed E-state index contributed by atoms with van der Waals surface area (Å²) in [5.41, 5.74) is 5.20. The van der Waals surface area contributed by atoms with E-state index >= 15 is 0 Å². The van der Waals surface area contributed by atoms with Gasteiger partial charge in [0.2, 0.25) is 0 Å². The van der Waals surface area contributed by atoms with E-state index in [4.69, 9.17) is 9.47 Å². The Balaban J connectivity index is 1.55. The number of hydrogen-bond acceptors (Lipinski definition) is 8. The average Bonchev–Trinajstić information content (AvgIpc) is 3.46. The Labute approximate surface area is 202 Å². The van der Waals surface area contributed by atoms with Crippen molar-refractivity contribution in [1.29, 1.82) is 5.26 Å². The van der Waals surface area contributed by atoms with E-state index in [0.29, 0.717) is 11.3 Å². The van der Waals surface area contributed by atoms with E-state index in [2.05, 4.69) is 34.0 Å². The van der Waals surface area contributed by atoms with Crippen LogP contribution in [0.5, 0.6) is 5.75 Å². The standard InChI is InChI=1S/C25H25N3O3S2/c1-15(2)31-22-10-7-16(11-17(22)12-26)25-27-13-23(33-25)20-6-4-5-19-18(20)8-9-21(19)28-32-14-24(29)30-3/h4-7,10-11,13,15,21,28H,8-9,14H2,1-3H3. The fourth-order valence-corrected chi connectivity index (χ4v) is 5.64. The number of carbonyl (C=O) groups is 1. The van der Waals surface area contributed by atoms with Gasteiger partial charge in [0.15, 0.2) is 0 Å². The molecule has 1 atom stereocenters. The van der Waals surface area contributed by atoms with Crippen LogP contribution in [-0.2, 0) is 16.0 Å². The molecule has 1 unspecified atom stereocenters. The van der Waals surface area contributed by atoms with Gasteiger partial charge in [-0.15, -0.1) is 11.3 Å². The first-order valence-corrected chi connectivity index (χ1v) is 12.5. The van der Waals surface area contributed by atoms with Crippen LogP contribution in [0.15, 0.2) is 42.6 Å². The summed E-state index contributed by atoms with van der Waals surface area (Å²) in [6.07, 6.45) is 3.86. The van der Waals surface area contributed by atoms with Crippen LogP contribution >= 0.6 is 23.3 Å². The van der Waals surface area contributed by atoms with Crippen LogP contribution < -0.4 is 9.46 Å². The molecule has 1 aliphatic carbocycles. The molecule has 4 rings (SSSR count). The molecule has 0 aliphatic heterocycles. The van der Waals surface area contributed by atoms with Gasteiger partial charge in [-0.1, -0.05) is 30.1 Å². The molecular weight excluding hydrogens is 454 g/mol. The highest BCUT2D eigenvalue weighted by atomic mass is 32.2. The summed E-state index contributed by atoms with van der Waals surface area (Å²) >= 11 is 3.01. The van der Waals surface area contributed by atoms with Crippen LogP contribution in [-0.4, -0.2) is 29.9 Å². The maximum absolute atomic E-state index is 11.4. The van der Waals surface area contributed by atoms with E-state index in [1.807, 2.05) is 38.2 Å². The van der Waals surface area contributed by atoms with E-state index < -0.39 is 0 Å². The van der Waals surface area contributed by atoms with Gasteiger partial charge in [-0.25, -0.2) is 4.98 Å². The van der Waals surface area contributed by atoms with E-state index in [1.165, 1.54) is 35.7 Å². The van der Waals surface area contributed by atoms with Crippen molar-refractivity contribution >= 4 is 29.3 Å². The third-order valence-corrected chi connectivity index (χ3v) is 7.31. The Kier molecular flexibility index (Phi) is 7.33. The summed E-state index contributed by atoms with van der Waals surface area (Å²) in [4.78, 5) is 17.1. The number of esters is 1. The van der Waals surface area contributed by atoms with E-state index in [9.17, 15) is 10.1 Å². The van der Waals surface area contributed by atoms with Crippen molar-refractivity contribution in [3.05, 3.63) is 59.3 Å². The molecule has 0 bridgehead atoms. The van der Waals surface area contributed by atoms with Gasteiger partial charge in [-0.3, -0.25) is 9.52 Å². The van der Waals surface area contributed by atoms with Crippen LogP contribution in [0.25, 0.3) is 21.0 Å². The van der Waals surface area contributed by atoms with Crippen LogP contribution in [0.1, 0.15) is 43.0 Å². The van der Waals surface area contributed by atoms with Crippen molar-refractivity contribution in [3.8, 4) is 32.8 Å². The first-order chi connectivity index (χ1) is 16.0. The number of methoxy groups -OCH3 is 1. The lowest BCUT2D eigenvalue weighted by Crippen LogP contribution is -2.15. The SMILES string of the molecule is COC(=O)CSNC1CCc2c(-c3cnc(-c4ccc(OC(C)C)c(C#N)c4)s3)cccc21. The Morgan fingerprint density at radius 3 is 2.97 bits per heavy atom. The molecule has 0 saturated heterocycles. The van der Waals surface area contributed by atoms with Gasteiger partial charge in [0.1, 0.15) is 22.6 Å². The molecule has 1 aromatic heterocycles. The van der Waals surface area contributed by atoms with Crippen molar-refractivity contribution < 1.29 is 14.3 Å². The summed E-state index contributed by atoms with van der Waals surface area (Å²) in [5.74, 6) is 0.642. The third kappa shape index (κ3) is 5.22. The van der Waals surface area contributed by atoms with Gasteiger partial charge in [-0.2, -0.15) is 5.26 Å². The Morgan fingerprint density at radius 1 is 1.36 bits per heavy atom. The molecule has 170 valence electrons. The fourth-order valence-electron chi connectivity index (χ4n) is 3.91. The molecule has 0 saturated carbocycles. The topological polar surface area (TPSA) is 84.2 Å². The fraction of sp³-hybridized carbons (Fsp3) is 0.320. The minimum atomic E-state index is -0.236. The summed E-state index contributed by atoms with van der Waals surface area (Å²) in [6.45, 7) is 3.89. The number of fused-ring (bicyclic) bond motifs is 1. The van der Waals surface area contributed by atoms with Gasteiger partial charge in [0.05, 0.1) is 23.7 Å². The lowest BCUT2D eigenvalue weighted by Gasteiger charge is -2.13.